The van der Waals surface area contributed by atoms with Gasteiger partial charge in [-0.3, -0.25) is 14.3 Å². The predicted octanol–water partition coefficient (Wildman–Crippen LogP) is 2.12. The van der Waals surface area contributed by atoms with Gasteiger partial charge in [-0.25, -0.2) is 14.8 Å². The average molecular weight is 480 g/mol. The van der Waals surface area contributed by atoms with Crippen molar-refractivity contribution in [3.63, 3.8) is 0 Å². The molecule has 1 aliphatic rings. The molecule has 0 aromatic carbocycles. The summed E-state index contributed by atoms with van der Waals surface area (Å²) in [5.41, 5.74) is -2.80. The molecule has 0 atom stereocenters. The van der Waals surface area contributed by atoms with Gasteiger partial charge in [0.2, 0.25) is 0 Å². The third kappa shape index (κ3) is 6.02. The molecule has 0 saturated carbocycles. The summed E-state index contributed by atoms with van der Waals surface area (Å²) in [5.74, 6) is 0.438. The van der Waals surface area contributed by atoms with Crippen LogP contribution < -0.4 is 16.1 Å². The molecule has 3 rings (SSSR count). The highest BCUT2D eigenvalue weighted by Crippen LogP contribution is 2.32. The molecule has 3 heterocycles. The standard InChI is InChI=1S/C22H28F3N7O2/c1-21(2,3)19-28-16(22(23,24)25)12-17(29-19)31-10-8-30(9-11-31)6-4-5-7-32-18(33)15(13-26)14-27-20(32)34/h12,14H,4-11H2,1-3H3,(H,27,34). The van der Waals surface area contributed by atoms with Crippen molar-refractivity contribution in [3.8, 4) is 6.07 Å². The maximum absolute atomic E-state index is 13.4. The van der Waals surface area contributed by atoms with Crippen LogP contribution >= 0.6 is 0 Å². The fourth-order valence-corrected chi connectivity index (χ4v) is 3.68. The van der Waals surface area contributed by atoms with Crippen molar-refractivity contribution in [3.05, 3.63) is 50.2 Å². The largest absolute Gasteiger partial charge is 0.433 e. The molecule has 0 bridgehead atoms. The van der Waals surface area contributed by atoms with E-state index in [1.165, 1.54) is 0 Å². The minimum Gasteiger partial charge on any atom is -0.354 e. The number of piperazine rings is 1. The number of aromatic nitrogens is 4. The molecule has 2 aromatic heterocycles. The van der Waals surface area contributed by atoms with Gasteiger partial charge in [0, 0.05) is 50.4 Å². The quantitative estimate of drug-likeness (QED) is 0.632. The number of aromatic amines is 1. The zero-order valence-electron chi connectivity index (χ0n) is 19.4. The second kappa shape index (κ2) is 9.97. The van der Waals surface area contributed by atoms with Crippen molar-refractivity contribution in [2.75, 3.05) is 37.6 Å². The highest BCUT2D eigenvalue weighted by Gasteiger charge is 2.36. The Balaban J connectivity index is 1.57. The van der Waals surface area contributed by atoms with Gasteiger partial charge < -0.3 is 9.88 Å². The van der Waals surface area contributed by atoms with Crippen LogP contribution in [0, 0.1) is 11.3 Å². The van der Waals surface area contributed by atoms with Gasteiger partial charge in [0.05, 0.1) is 0 Å². The maximum Gasteiger partial charge on any atom is 0.433 e. The molecule has 0 aliphatic carbocycles. The molecular weight excluding hydrogens is 451 g/mol. The zero-order chi connectivity index (χ0) is 25.1. The molecule has 184 valence electrons. The molecule has 0 spiro atoms. The van der Waals surface area contributed by atoms with Crippen molar-refractivity contribution < 1.29 is 13.2 Å². The lowest BCUT2D eigenvalue weighted by Gasteiger charge is -2.36. The first-order valence-corrected chi connectivity index (χ1v) is 11.1. The van der Waals surface area contributed by atoms with Gasteiger partial charge in [-0.2, -0.15) is 18.4 Å². The molecule has 12 heteroatoms. The lowest BCUT2D eigenvalue weighted by molar-refractivity contribution is -0.141. The number of nitriles is 1. The second-order valence-corrected chi connectivity index (χ2v) is 9.29. The Kier molecular flexibility index (Phi) is 7.45. The van der Waals surface area contributed by atoms with Crippen LogP contribution in [0.15, 0.2) is 21.9 Å². The number of halogens is 3. The monoisotopic (exact) mass is 479 g/mol. The van der Waals surface area contributed by atoms with E-state index in [-0.39, 0.29) is 23.8 Å². The molecule has 1 aliphatic heterocycles. The molecule has 1 N–H and O–H groups in total. The summed E-state index contributed by atoms with van der Waals surface area (Å²) in [5, 5.41) is 8.93. The van der Waals surface area contributed by atoms with Gasteiger partial charge >= 0.3 is 11.9 Å². The summed E-state index contributed by atoms with van der Waals surface area (Å²) < 4.78 is 41.2. The summed E-state index contributed by atoms with van der Waals surface area (Å²) in [6.07, 6.45) is -2.13. The maximum atomic E-state index is 13.4. The van der Waals surface area contributed by atoms with Crippen LogP contribution in [0.3, 0.4) is 0 Å². The Hall–Kier alpha value is -3.20. The number of hydrogen-bond acceptors (Lipinski definition) is 7. The van der Waals surface area contributed by atoms with Crippen molar-refractivity contribution in [1.29, 1.82) is 5.26 Å². The molecular formula is C22H28F3N7O2. The number of nitrogens with zero attached hydrogens (tertiary/aromatic N) is 6. The molecule has 1 saturated heterocycles. The first-order valence-electron chi connectivity index (χ1n) is 11.1. The molecule has 2 aromatic rings. The fourth-order valence-electron chi connectivity index (χ4n) is 3.68. The van der Waals surface area contributed by atoms with E-state index in [2.05, 4.69) is 19.9 Å². The normalized spacial score (nSPS) is 15.4. The van der Waals surface area contributed by atoms with Gasteiger partial charge in [-0.05, 0) is 19.4 Å². The number of hydrogen-bond donors (Lipinski definition) is 1. The van der Waals surface area contributed by atoms with Crippen molar-refractivity contribution >= 4 is 5.82 Å². The number of anilines is 1. The minimum absolute atomic E-state index is 0.108. The van der Waals surface area contributed by atoms with Gasteiger partial charge in [-0.1, -0.05) is 20.8 Å². The Bertz CT molecular complexity index is 1130. The van der Waals surface area contributed by atoms with E-state index in [0.29, 0.717) is 32.6 Å². The predicted molar refractivity (Wildman–Crippen MR) is 120 cm³/mol. The summed E-state index contributed by atoms with van der Waals surface area (Å²) in [7, 11) is 0. The van der Waals surface area contributed by atoms with Gasteiger partial charge in [-0.15, -0.1) is 0 Å². The molecule has 1 fully saturated rings. The summed E-state index contributed by atoms with van der Waals surface area (Å²) >= 11 is 0. The minimum atomic E-state index is -4.55. The van der Waals surface area contributed by atoms with Crippen LogP contribution in [-0.2, 0) is 18.1 Å². The van der Waals surface area contributed by atoms with Crippen molar-refractivity contribution in [2.45, 2.75) is 51.7 Å². The van der Waals surface area contributed by atoms with Crippen molar-refractivity contribution in [2.24, 2.45) is 0 Å². The molecule has 0 amide bonds. The van der Waals surface area contributed by atoms with Gasteiger partial charge in [0.15, 0.2) is 0 Å². The van der Waals surface area contributed by atoms with Crippen molar-refractivity contribution in [1.82, 2.24) is 24.4 Å². The topological polar surface area (TPSA) is 111 Å². The smallest absolute Gasteiger partial charge is 0.354 e. The molecule has 34 heavy (non-hydrogen) atoms. The van der Waals surface area contributed by atoms with Crippen LogP contribution in [0.5, 0.6) is 0 Å². The first kappa shape index (κ1) is 25.4. The highest BCUT2D eigenvalue weighted by molar-refractivity contribution is 5.42. The van der Waals surface area contributed by atoms with E-state index >= 15 is 0 Å². The first-order chi connectivity index (χ1) is 15.9. The summed E-state index contributed by atoms with van der Waals surface area (Å²) in [6, 6.07) is 2.77. The summed E-state index contributed by atoms with van der Waals surface area (Å²) in [6.45, 7) is 8.64. The Morgan fingerprint density at radius 3 is 2.29 bits per heavy atom. The number of rotatable bonds is 6. The lowest BCUT2D eigenvalue weighted by atomic mass is 9.95. The Labute approximate surface area is 194 Å². The highest BCUT2D eigenvalue weighted by atomic mass is 19.4. The number of unbranched alkanes of at least 4 members (excludes halogenated alkanes) is 1. The number of nitrogens with one attached hydrogen (secondary N) is 1. The Morgan fingerprint density at radius 1 is 1.06 bits per heavy atom. The van der Waals surface area contributed by atoms with Crippen LogP contribution in [0.25, 0.3) is 0 Å². The zero-order valence-corrected chi connectivity index (χ0v) is 19.4. The number of alkyl halides is 3. The van der Waals surface area contributed by atoms with Crippen LogP contribution in [-0.4, -0.2) is 57.1 Å². The van der Waals surface area contributed by atoms with Gasteiger partial charge in [0.25, 0.3) is 5.56 Å². The summed E-state index contributed by atoms with van der Waals surface area (Å²) in [4.78, 5) is 38.5. The lowest BCUT2D eigenvalue weighted by Crippen LogP contribution is -2.47. The molecule has 9 nitrogen and oxygen atoms in total. The van der Waals surface area contributed by atoms with E-state index < -0.39 is 28.5 Å². The number of H-pyrrole nitrogens is 1. The Morgan fingerprint density at radius 2 is 1.71 bits per heavy atom. The van der Waals surface area contributed by atoms with Crippen LogP contribution in [0.4, 0.5) is 19.0 Å². The van der Waals surface area contributed by atoms with Crippen LogP contribution in [0.2, 0.25) is 0 Å². The average Bonchev–Trinajstić information content (AvgIpc) is 2.77. The molecule has 0 unspecified atom stereocenters. The third-order valence-electron chi connectivity index (χ3n) is 5.66. The third-order valence-corrected chi connectivity index (χ3v) is 5.66. The fraction of sp³-hybridized carbons (Fsp3) is 0.591. The van der Waals surface area contributed by atoms with E-state index in [9.17, 15) is 22.8 Å². The van der Waals surface area contributed by atoms with E-state index in [1.807, 2.05) is 4.90 Å². The SMILES string of the molecule is CC(C)(C)c1nc(N2CCN(CCCCn3c(=O)[nH]cc(C#N)c3=O)CC2)cc(C(F)(F)F)n1. The van der Waals surface area contributed by atoms with E-state index in [0.717, 1.165) is 29.8 Å². The van der Waals surface area contributed by atoms with E-state index in [1.54, 1.807) is 26.8 Å². The van der Waals surface area contributed by atoms with Gasteiger partial charge in [0.1, 0.15) is 29.0 Å². The molecule has 0 radical (unpaired) electrons. The van der Waals surface area contributed by atoms with E-state index in [4.69, 9.17) is 5.26 Å². The second-order valence-electron chi connectivity index (χ2n) is 9.29. The van der Waals surface area contributed by atoms with Crippen LogP contribution in [0.1, 0.15) is 50.7 Å².